The molecular formula is C23H35ClN8O7Si. The molecular weight excluding hydrogens is 564 g/mol. The molecule has 15 nitrogen and oxygen atoms in total. The first kappa shape index (κ1) is 31.5. The van der Waals surface area contributed by atoms with E-state index >= 15 is 0 Å². The van der Waals surface area contributed by atoms with E-state index in [0.29, 0.717) is 0 Å². The maximum absolute atomic E-state index is 12.5. The van der Waals surface area contributed by atoms with E-state index in [4.69, 9.17) is 40.7 Å². The Morgan fingerprint density at radius 3 is 2.42 bits per heavy atom. The summed E-state index contributed by atoms with van der Waals surface area (Å²) in [6.45, 7) is 13.2. The average molecular weight is 599 g/mol. The van der Waals surface area contributed by atoms with Gasteiger partial charge >= 0.3 is 11.9 Å². The molecule has 0 radical (unpaired) electrons. The van der Waals surface area contributed by atoms with Crippen LogP contribution in [0, 0.1) is 0 Å². The van der Waals surface area contributed by atoms with Gasteiger partial charge in [-0.3, -0.25) is 4.57 Å². The van der Waals surface area contributed by atoms with Crippen LogP contribution < -0.4 is 5.73 Å². The van der Waals surface area contributed by atoms with Crippen molar-refractivity contribution >= 4 is 48.8 Å². The Bertz CT molecular complexity index is 1260. The number of azide groups is 1. The highest BCUT2D eigenvalue weighted by atomic mass is 35.5. The lowest BCUT2D eigenvalue weighted by atomic mass is 10.1. The monoisotopic (exact) mass is 598 g/mol. The number of hydrogen-bond acceptors (Lipinski definition) is 12. The Hall–Kier alpha value is -3.01. The van der Waals surface area contributed by atoms with E-state index in [1.807, 2.05) is 13.1 Å². The minimum Gasteiger partial charge on any atom is -0.464 e. The Balaban J connectivity index is 2.04. The van der Waals surface area contributed by atoms with E-state index in [1.165, 1.54) is 10.9 Å². The van der Waals surface area contributed by atoms with Gasteiger partial charge in [-0.1, -0.05) is 25.9 Å². The van der Waals surface area contributed by atoms with Gasteiger partial charge in [0.1, 0.15) is 23.9 Å². The van der Waals surface area contributed by atoms with Crippen LogP contribution in [0.4, 0.5) is 5.82 Å². The van der Waals surface area contributed by atoms with Crippen molar-refractivity contribution in [3.8, 4) is 0 Å². The van der Waals surface area contributed by atoms with Gasteiger partial charge in [0.2, 0.25) is 5.28 Å². The maximum atomic E-state index is 12.5. The van der Waals surface area contributed by atoms with Crippen molar-refractivity contribution in [2.24, 2.45) is 5.11 Å². The first-order valence-electron chi connectivity index (χ1n) is 12.7. The van der Waals surface area contributed by atoms with Crippen molar-refractivity contribution in [3.63, 3.8) is 0 Å². The SMILES string of the molecule is CCOC(=O)C(OC[C@H]1O[C@@H](n2cnc3c(N)nc(Cl)nc32)C(N=[N+]=[N-])C1O[Si](C)(C)C(C)(C)C)C(=O)OCC. The minimum atomic E-state index is -2.49. The summed E-state index contributed by atoms with van der Waals surface area (Å²) in [6.07, 6.45) is -2.93. The van der Waals surface area contributed by atoms with Gasteiger partial charge in [0.05, 0.1) is 32.3 Å². The van der Waals surface area contributed by atoms with Gasteiger partial charge in [-0.25, -0.2) is 14.6 Å². The van der Waals surface area contributed by atoms with Crippen LogP contribution in [0.3, 0.4) is 0 Å². The third kappa shape index (κ3) is 6.64. The van der Waals surface area contributed by atoms with Crippen molar-refractivity contribution in [2.75, 3.05) is 25.6 Å². The number of fused-ring (bicyclic) bond motifs is 1. The van der Waals surface area contributed by atoms with Gasteiger partial charge in [0.15, 0.2) is 19.8 Å². The molecule has 40 heavy (non-hydrogen) atoms. The Morgan fingerprint density at radius 2 is 1.88 bits per heavy atom. The number of carbonyl (C=O) groups excluding carboxylic acids is 2. The largest absolute Gasteiger partial charge is 0.464 e. The maximum Gasteiger partial charge on any atom is 0.347 e. The Morgan fingerprint density at radius 1 is 1.25 bits per heavy atom. The van der Waals surface area contributed by atoms with Gasteiger partial charge in [0.25, 0.3) is 6.10 Å². The van der Waals surface area contributed by atoms with Crippen LogP contribution in [0.2, 0.25) is 23.4 Å². The van der Waals surface area contributed by atoms with E-state index in [2.05, 4.69) is 45.7 Å². The zero-order valence-corrected chi connectivity index (χ0v) is 25.3. The molecule has 0 aromatic carbocycles. The number of nitrogens with two attached hydrogens (primary N) is 1. The van der Waals surface area contributed by atoms with Gasteiger partial charge < -0.3 is 29.1 Å². The summed E-state index contributed by atoms with van der Waals surface area (Å²) in [7, 11) is -2.49. The standard InChI is InChI=1S/C23H35ClN8O7Si/c1-8-35-20(33)16(21(34)36-9-2)37-10-12-15(39-40(6,7)23(3,4)5)13(30-31-26)19(38-12)32-11-27-14-17(25)28-22(24)29-18(14)32/h11-13,15-16,19H,8-10H2,1-7H3,(H2,25,28,29)/t12-,13?,15?,19-/m1/s1. The Labute approximate surface area is 237 Å². The van der Waals surface area contributed by atoms with E-state index < -0.39 is 50.8 Å². The molecule has 2 N–H and O–H groups in total. The summed E-state index contributed by atoms with van der Waals surface area (Å²) in [4.78, 5) is 40.5. The molecule has 1 fully saturated rings. The summed E-state index contributed by atoms with van der Waals surface area (Å²) in [5.41, 5.74) is 16.0. The molecule has 0 spiro atoms. The van der Waals surface area contributed by atoms with Crippen molar-refractivity contribution in [1.29, 1.82) is 0 Å². The number of imidazole rings is 1. The number of anilines is 1. The lowest BCUT2D eigenvalue weighted by Crippen LogP contribution is -2.50. The van der Waals surface area contributed by atoms with E-state index in [-0.39, 0.29) is 47.1 Å². The van der Waals surface area contributed by atoms with Crippen molar-refractivity contribution in [1.82, 2.24) is 19.5 Å². The molecule has 2 unspecified atom stereocenters. The molecule has 0 bridgehead atoms. The summed E-state index contributed by atoms with van der Waals surface area (Å²) in [5.74, 6) is -1.73. The summed E-state index contributed by atoms with van der Waals surface area (Å²) < 4.78 is 30.3. The zero-order valence-electron chi connectivity index (χ0n) is 23.5. The third-order valence-electron chi connectivity index (χ3n) is 6.86. The molecule has 3 heterocycles. The fourth-order valence-electron chi connectivity index (χ4n) is 3.88. The molecule has 0 amide bonds. The molecule has 1 aliphatic rings. The molecule has 0 saturated carbocycles. The van der Waals surface area contributed by atoms with Gasteiger partial charge in [0, 0.05) is 4.91 Å². The highest BCUT2D eigenvalue weighted by molar-refractivity contribution is 6.74. The quantitative estimate of drug-likeness (QED) is 0.0754. The highest BCUT2D eigenvalue weighted by Crippen LogP contribution is 2.43. The number of halogens is 1. The van der Waals surface area contributed by atoms with Crippen LogP contribution in [0.15, 0.2) is 11.4 Å². The summed E-state index contributed by atoms with van der Waals surface area (Å²) in [5, 5.41) is 3.70. The first-order chi connectivity index (χ1) is 18.7. The molecule has 1 saturated heterocycles. The van der Waals surface area contributed by atoms with E-state index in [0.717, 1.165) is 0 Å². The predicted octanol–water partition coefficient (Wildman–Crippen LogP) is 3.54. The fraction of sp³-hybridized carbons (Fsp3) is 0.696. The van der Waals surface area contributed by atoms with Crippen LogP contribution in [0.1, 0.15) is 40.8 Å². The number of ether oxygens (including phenoxy) is 4. The lowest BCUT2D eigenvalue weighted by molar-refractivity contribution is -0.176. The molecule has 2 aromatic rings. The second-order valence-electron chi connectivity index (χ2n) is 10.5. The lowest BCUT2D eigenvalue weighted by Gasteiger charge is -2.40. The van der Waals surface area contributed by atoms with Crippen LogP contribution >= 0.6 is 11.6 Å². The fourth-order valence-corrected chi connectivity index (χ4v) is 5.38. The Kier molecular flexibility index (Phi) is 9.97. The van der Waals surface area contributed by atoms with Gasteiger partial charge in [-0.05, 0) is 49.1 Å². The average Bonchev–Trinajstić information content (AvgIpc) is 3.40. The summed E-state index contributed by atoms with van der Waals surface area (Å²) >= 11 is 6.05. The topological polar surface area (TPSA) is 199 Å². The van der Waals surface area contributed by atoms with E-state index in [1.54, 1.807) is 13.8 Å². The number of carbonyl (C=O) groups is 2. The number of hydrogen-bond donors (Lipinski definition) is 1. The molecule has 2 aromatic heterocycles. The second kappa shape index (κ2) is 12.7. The van der Waals surface area contributed by atoms with Crippen molar-refractivity contribution < 1.29 is 33.0 Å². The molecule has 0 aliphatic carbocycles. The smallest absolute Gasteiger partial charge is 0.347 e. The number of nitrogens with zero attached hydrogens (tertiary/aromatic N) is 7. The highest BCUT2D eigenvalue weighted by Gasteiger charge is 2.51. The van der Waals surface area contributed by atoms with E-state index in [9.17, 15) is 15.1 Å². The first-order valence-corrected chi connectivity index (χ1v) is 16.0. The molecule has 3 rings (SSSR count). The molecule has 1 aliphatic heterocycles. The van der Waals surface area contributed by atoms with Crippen LogP contribution in [0.25, 0.3) is 21.6 Å². The van der Waals surface area contributed by atoms with Crippen molar-refractivity contribution in [3.05, 3.63) is 22.1 Å². The van der Waals surface area contributed by atoms with Crippen LogP contribution in [-0.2, 0) is 33.0 Å². The normalized spacial score (nSPS) is 21.4. The van der Waals surface area contributed by atoms with Crippen LogP contribution in [-0.4, -0.2) is 83.9 Å². The predicted molar refractivity (Wildman–Crippen MR) is 147 cm³/mol. The second-order valence-corrected chi connectivity index (χ2v) is 15.6. The molecule has 4 atom stereocenters. The van der Waals surface area contributed by atoms with Crippen LogP contribution in [0.5, 0.6) is 0 Å². The molecule has 17 heteroatoms. The van der Waals surface area contributed by atoms with Crippen molar-refractivity contribution in [2.45, 2.75) is 83.3 Å². The number of aromatic nitrogens is 4. The third-order valence-corrected chi connectivity index (χ3v) is 11.5. The number of rotatable bonds is 11. The minimum absolute atomic E-state index is 0.0391. The van der Waals surface area contributed by atoms with Gasteiger partial charge in [-0.2, -0.15) is 9.97 Å². The molecule has 220 valence electrons. The number of esters is 2. The number of nitrogen functional groups attached to an aromatic ring is 1. The van der Waals surface area contributed by atoms with Gasteiger partial charge in [-0.15, -0.1) is 0 Å². The summed E-state index contributed by atoms with van der Waals surface area (Å²) in [6, 6.07) is -0.927. The zero-order chi connectivity index (χ0) is 29.8.